The van der Waals surface area contributed by atoms with Crippen molar-refractivity contribution in [3.05, 3.63) is 39.0 Å². The fraction of sp³-hybridized carbons (Fsp3) is 0.385. The quantitative estimate of drug-likeness (QED) is 0.330. The lowest BCUT2D eigenvalue weighted by atomic mass is 10.1. The summed E-state index contributed by atoms with van der Waals surface area (Å²) in [5.74, 6) is -1.72. The predicted octanol–water partition coefficient (Wildman–Crippen LogP) is 4.98. The van der Waals surface area contributed by atoms with Crippen LogP contribution in [0, 0.1) is 11.7 Å². The first kappa shape index (κ1) is 17.5. The highest BCUT2D eigenvalue weighted by Gasteiger charge is 2.17. The molecule has 0 aromatic heterocycles. The average molecular weight is 330 g/mol. The monoisotopic (exact) mass is 329 g/mol. The lowest BCUT2D eigenvalue weighted by molar-refractivity contribution is -0.111. The molecule has 0 N–H and O–H groups in total. The molecular weight excluding hydrogens is 317 g/mol. The normalized spacial score (nSPS) is 11.6. The zero-order valence-corrected chi connectivity index (χ0v) is 13.0. The standard InChI is InChI=1S/C13H13ClFN3O2S/c1-3-7(2)4-12(19)21-11-5-8(13(20)17-18-16)10(15)6-9(11)14/h5-7H,3-4H2,1-2H3. The van der Waals surface area contributed by atoms with Gasteiger partial charge in [-0.3, -0.25) is 9.59 Å². The second-order valence-electron chi connectivity index (χ2n) is 4.45. The second-order valence-corrected chi connectivity index (χ2v) is 5.96. The van der Waals surface area contributed by atoms with E-state index in [2.05, 4.69) is 10.0 Å². The van der Waals surface area contributed by atoms with E-state index in [0.29, 0.717) is 6.42 Å². The molecule has 112 valence electrons. The predicted molar refractivity (Wildman–Crippen MR) is 79.8 cm³/mol. The van der Waals surface area contributed by atoms with Crippen LogP contribution in [0.4, 0.5) is 4.39 Å². The van der Waals surface area contributed by atoms with Gasteiger partial charge >= 0.3 is 0 Å². The summed E-state index contributed by atoms with van der Waals surface area (Å²) in [5.41, 5.74) is 7.81. The Kier molecular flexibility index (Phi) is 6.68. The van der Waals surface area contributed by atoms with E-state index in [0.717, 1.165) is 30.3 Å². The van der Waals surface area contributed by atoms with Gasteiger partial charge in [0, 0.05) is 16.2 Å². The third-order valence-electron chi connectivity index (χ3n) is 2.82. The van der Waals surface area contributed by atoms with Crippen molar-refractivity contribution >= 4 is 34.4 Å². The number of halogens is 2. The minimum atomic E-state index is -1.05. The lowest BCUT2D eigenvalue weighted by Gasteiger charge is -2.09. The van der Waals surface area contributed by atoms with Gasteiger partial charge in [-0.25, -0.2) is 4.39 Å². The maximum atomic E-state index is 13.6. The summed E-state index contributed by atoms with van der Waals surface area (Å²) in [6.45, 7) is 3.92. The number of azide groups is 1. The van der Waals surface area contributed by atoms with Gasteiger partial charge in [0.15, 0.2) is 5.12 Å². The summed E-state index contributed by atoms with van der Waals surface area (Å²) in [7, 11) is 0. The molecule has 0 heterocycles. The molecular formula is C13H13ClFN3O2S. The lowest BCUT2D eigenvalue weighted by Crippen LogP contribution is -2.02. The van der Waals surface area contributed by atoms with Crippen LogP contribution in [0.1, 0.15) is 37.0 Å². The average Bonchev–Trinajstić information content (AvgIpc) is 2.41. The van der Waals surface area contributed by atoms with Crippen LogP contribution in [0.5, 0.6) is 0 Å². The minimum absolute atomic E-state index is 0.0347. The van der Waals surface area contributed by atoms with E-state index in [1.165, 1.54) is 0 Å². The van der Waals surface area contributed by atoms with Crippen LogP contribution in [-0.2, 0) is 4.79 Å². The molecule has 0 aliphatic heterocycles. The van der Waals surface area contributed by atoms with Crippen LogP contribution < -0.4 is 0 Å². The molecule has 0 aliphatic rings. The molecule has 5 nitrogen and oxygen atoms in total. The van der Waals surface area contributed by atoms with Crippen molar-refractivity contribution in [2.24, 2.45) is 11.0 Å². The zero-order chi connectivity index (χ0) is 16.0. The van der Waals surface area contributed by atoms with Crippen molar-refractivity contribution in [2.45, 2.75) is 31.6 Å². The molecule has 0 radical (unpaired) electrons. The van der Waals surface area contributed by atoms with Crippen molar-refractivity contribution in [1.82, 2.24) is 0 Å². The molecule has 0 spiro atoms. The van der Waals surface area contributed by atoms with E-state index in [1.807, 2.05) is 13.8 Å². The first-order chi connectivity index (χ1) is 9.88. The molecule has 0 fully saturated rings. The minimum Gasteiger partial charge on any atom is -0.287 e. The molecule has 1 amide bonds. The Labute approximate surface area is 130 Å². The van der Waals surface area contributed by atoms with Gasteiger partial charge in [-0.15, -0.1) is 0 Å². The summed E-state index contributed by atoms with van der Waals surface area (Å²) >= 11 is 6.72. The van der Waals surface area contributed by atoms with E-state index in [4.69, 9.17) is 17.1 Å². The van der Waals surface area contributed by atoms with Gasteiger partial charge in [0.2, 0.25) is 0 Å². The molecule has 1 aromatic rings. The molecule has 8 heteroatoms. The van der Waals surface area contributed by atoms with Crippen molar-refractivity contribution in [1.29, 1.82) is 0 Å². The Morgan fingerprint density at radius 1 is 1.52 bits per heavy atom. The van der Waals surface area contributed by atoms with Crippen LogP contribution in [-0.4, -0.2) is 11.0 Å². The van der Waals surface area contributed by atoms with E-state index in [9.17, 15) is 14.0 Å². The van der Waals surface area contributed by atoms with E-state index < -0.39 is 17.3 Å². The fourth-order valence-corrected chi connectivity index (χ4v) is 2.67. The highest BCUT2D eigenvalue weighted by molar-refractivity contribution is 8.13. The molecule has 1 rings (SSSR count). The number of thioether (sulfide) groups is 1. The molecule has 1 aromatic carbocycles. The Balaban J connectivity index is 3.02. The van der Waals surface area contributed by atoms with E-state index in [-0.39, 0.29) is 21.0 Å². The number of hydrogen-bond donors (Lipinski definition) is 0. The first-order valence-corrected chi connectivity index (χ1v) is 7.37. The van der Waals surface area contributed by atoms with Crippen LogP contribution >= 0.6 is 23.4 Å². The van der Waals surface area contributed by atoms with Gasteiger partial charge < -0.3 is 0 Å². The van der Waals surface area contributed by atoms with Gasteiger partial charge in [-0.05, 0) is 28.7 Å². The first-order valence-electron chi connectivity index (χ1n) is 6.18. The Morgan fingerprint density at radius 2 is 2.19 bits per heavy atom. The summed E-state index contributed by atoms with van der Waals surface area (Å²) in [6.07, 6.45) is 1.22. The topological polar surface area (TPSA) is 82.9 Å². The summed E-state index contributed by atoms with van der Waals surface area (Å²) in [6, 6.07) is 2.06. The Hall–Kier alpha value is -1.56. The number of rotatable bonds is 5. The van der Waals surface area contributed by atoms with Gasteiger partial charge in [0.25, 0.3) is 5.91 Å². The maximum absolute atomic E-state index is 13.6. The van der Waals surface area contributed by atoms with Gasteiger partial charge in [0.05, 0.1) is 10.6 Å². The summed E-state index contributed by atoms with van der Waals surface area (Å²) in [5, 5.41) is 2.74. The molecule has 0 aliphatic carbocycles. The van der Waals surface area contributed by atoms with Crippen molar-refractivity contribution in [2.75, 3.05) is 0 Å². The Morgan fingerprint density at radius 3 is 2.76 bits per heavy atom. The second kappa shape index (κ2) is 8.02. The van der Waals surface area contributed by atoms with Crippen molar-refractivity contribution in [3.8, 4) is 0 Å². The van der Waals surface area contributed by atoms with Crippen LogP contribution in [0.15, 0.2) is 22.1 Å². The highest BCUT2D eigenvalue weighted by Crippen LogP contribution is 2.32. The number of benzene rings is 1. The summed E-state index contributed by atoms with van der Waals surface area (Å²) in [4.78, 5) is 25.9. The number of hydrogen-bond acceptors (Lipinski definition) is 3. The molecule has 0 saturated heterocycles. The SMILES string of the molecule is CCC(C)CC(=O)Sc1cc(C(=O)N=[N+]=[N-])c(F)cc1Cl. The van der Waals surface area contributed by atoms with Gasteiger partial charge in [-0.1, -0.05) is 43.6 Å². The fourth-order valence-electron chi connectivity index (χ4n) is 1.46. The van der Waals surface area contributed by atoms with Crippen molar-refractivity contribution < 1.29 is 14.0 Å². The zero-order valence-electron chi connectivity index (χ0n) is 11.5. The Bertz CT molecular complexity index is 618. The number of amides is 1. The summed E-state index contributed by atoms with van der Waals surface area (Å²) < 4.78 is 13.6. The molecule has 0 bridgehead atoms. The maximum Gasteiger partial charge on any atom is 0.252 e. The largest absolute Gasteiger partial charge is 0.287 e. The highest BCUT2D eigenvalue weighted by atomic mass is 35.5. The van der Waals surface area contributed by atoms with E-state index in [1.54, 1.807) is 0 Å². The van der Waals surface area contributed by atoms with Crippen LogP contribution in [0.2, 0.25) is 5.02 Å². The third-order valence-corrected chi connectivity index (χ3v) is 4.20. The number of carbonyl (C=O) groups is 2. The van der Waals surface area contributed by atoms with E-state index >= 15 is 0 Å². The van der Waals surface area contributed by atoms with Crippen LogP contribution in [0.3, 0.4) is 0 Å². The van der Waals surface area contributed by atoms with Crippen LogP contribution in [0.25, 0.3) is 10.4 Å². The smallest absolute Gasteiger partial charge is 0.252 e. The number of carbonyl (C=O) groups excluding carboxylic acids is 2. The molecule has 1 unspecified atom stereocenters. The number of nitrogens with zero attached hydrogens (tertiary/aromatic N) is 3. The van der Waals surface area contributed by atoms with Gasteiger partial charge in [0.1, 0.15) is 5.82 Å². The third kappa shape index (κ3) is 5.04. The molecule has 1 atom stereocenters. The van der Waals surface area contributed by atoms with Gasteiger partial charge in [-0.2, -0.15) is 0 Å². The molecule has 0 saturated carbocycles. The molecule has 21 heavy (non-hydrogen) atoms. The van der Waals surface area contributed by atoms with Crippen molar-refractivity contribution in [3.63, 3.8) is 0 Å².